The van der Waals surface area contributed by atoms with Crippen molar-refractivity contribution in [2.24, 2.45) is 0 Å². The number of carbonyl (C=O) groups is 2. The number of rotatable bonds is 8. The maximum atomic E-state index is 12.2. The van der Waals surface area contributed by atoms with Crippen LogP contribution in [0.3, 0.4) is 0 Å². The molecule has 23 heavy (non-hydrogen) atoms. The van der Waals surface area contributed by atoms with E-state index in [4.69, 9.17) is 0 Å². The van der Waals surface area contributed by atoms with Gasteiger partial charge in [-0.2, -0.15) is 26.3 Å². The zero-order valence-electron chi connectivity index (χ0n) is 11.6. The molecule has 0 bridgehead atoms. The Morgan fingerprint density at radius 1 is 0.696 bits per heavy atom. The van der Waals surface area contributed by atoms with E-state index in [9.17, 15) is 46.1 Å². The van der Waals surface area contributed by atoms with Gasteiger partial charge >= 0.3 is 12.4 Å². The van der Waals surface area contributed by atoms with E-state index in [2.05, 4.69) is 0 Å². The quantitative estimate of drug-likeness (QED) is 0.378. The highest BCUT2D eigenvalue weighted by Gasteiger charge is 2.34. The lowest BCUT2D eigenvalue weighted by Gasteiger charge is -2.12. The van der Waals surface area contributed by atoms with E-state index in [0.29, 0.717) is 12.2 Å². The molecule has 0 amide bonds. The molecule has 0 radical (unpaired) electrons. The van der Waals surface area contributed by atoms with Crippen LogP contribution in [0.2, 0.25) is 0 Å². The molecule has 0 saturated carbocycles. The van der Waals surface area contributed by atoms with Crippen LogP contribution in [0.5, 0.6) is 0 Å². The van der Waals surface area contributed by atoms with E-state index < -0.39 is 35.4 Å². The first kappa shape index (κ1) is 21.0. The maximum absolute atomic E-state index is 12.2. The first-order chi connectivity index (χ1) is 10.4. The lowest BCUT2D eigenvalue weighted by molar-refractivity contribution is -0.305. The van der Waals surface area contributed by atoms with Gasteiger partial charge in [-0.15, -0.1) is 0 Å². The summed E-state index contributed by atoms with van der Waals surface area (Å²) in [5, 5.41) is 20.5. The van der Waals surface area contributed by atoms with Crippen LogP contribution in [-0.4, -0.2) is 24.3 Å². The summed E-state index contributed by atoms with van der Waals surface area (Å²) in [4.78, 5) is 20.5. The zero-order valence-corrected chi connectivity index (χ0v) is 11.6. The molecule has 4 nitrogen and oxygen atoms in total. The molecule has 0 aromatic carbocycles. The minimum absolute atomic E-state index is 0.0906. The van der Waals surface area contributed by atoms with Crippen LogP contribution in [0.1, 0.15) is 32.1 Å². The number of hydrogen-bond donors (Lipinski definition) is 0. The molecular formula is C13H12F6O4-2. The van der Waals surface area contributed by atoms with E-state index >= 15 is 0 Å². The van der Waals surface area contributed by atoms with Gasteiger partial charge < -0.3 is 19.8 Å². The number of carboxylic acid groups (broad SMARTS) is 2. The molecule has 132 valence electrons. The van der Waals surface area contributed by atoms with Crippen LogP contribution in [-0.2, 0) is 9.59 Å². The second-order valence-electron chi connectivity index (χ2n) is 4.44. The number of aliphatic carboxylic acids is 2. The lowest BCUT2D eigenvalue weighted by Crippen LogP contribution is -2.32. The molecule has 0 atom stereocenters. The Labute approximate surface area is 127 Å². The Hall–Kier alpha value is -2.00. The molecular weight excluding hydrogens is 334 g/mol. The molecule has 0 unspecified atom stereocenters. The van der Waals surface area contributed by atoms with E-state index in [-0.39, 0.29) is 32.1 Å². The van der Waals surface area contributed by atoms with Gasteiger partial charge in [-0.3, -0.25) is 0 Å². The molecule has 0 heterocycles. The predicted molar refractivity (Wildman–Crippen MR) is 61.4 cm³/mol. The predicted octanol–water partition coefficient (Wildman–Crippen LogP) is 1.41. The van der Waals surface area contributed by atoms with Crippen molar-refractivity contribution in [3.05, 3.63) is 23.3 Å². The number of hydrogen-bond acceptors (Lipinski definition) is 4. The van der Waals surface area contributed by atoms with Crippen molar-refractivity contribution in [1.82, 2.24) is 0 Å². The van der Waals surface area contributed by atoms with Crippen LogP contribution in [0.4, 0.5) is 26.3 Å². The summed E-state index contributed by atoms with van der Waals surface area (Å²) < 4.78 is 73.3. The second kappa shape index (κ2) is 8.59. The highest BCUT2D eigenvalue weighted by Crippen LogP contribution is 2.27. The van der Waals surface area contributed by atoms with Gasteiger partial charge in [0.2, 0.25) is 0 Å². The summed E-state index contributed by atoms with van der Waals surface area (Å²) in [6, 6.07) is 0. The summed E-state index contributed by atoms with van der Waals surface area (Å²) in [5.74, 6) is -4.71. The van der Waals surface area contributed by atoms with Crippen LogP contribution in [0, 0.1) is 0 Å². The van der Waals surface area contributed by atoms with Crippen LogP contribution in [0.25, 0.3) is 0 Å². The first-order valence-electron chi connectivity index (χ1n) is 6.34. The number of halogens is 6. The van der Waals surface area contributed by atoms with Crippen molar-refractivity contribution < 1.29 is 46.1 Å². The molecule has 0 fully saturated rings. The number of unbranched alkanes of at least 4 members (excludes halogenated alkanes) is 4. The Bertz CT molecular complexity index is 444. The molecule has 0 aliphatic heterocycles. The highest BCUT2D eigenvalue weighted by molar-refractivity contribution is 5.86. The van der Waals surface area contributed by atoms with Gasteiger partial charge in [-0.05, 0) is 25.7 Å². The van der Waals surface area contributed by atoms with E-state index in [1.807, 2.05) is 0 Å². The fraction of sp³-hybridized carbons (Fsp3) is 0.538. The molecule has 0 aliphatic rings. The van der Waals surface area contributed by atoms with Gasteiger partial charge in [-0.1, -0.05) is 18.6 Å². The Balaban J connectivity index is 4.34. The largest absolute Gasteiger partial charge is 0.545 e. The third-order valence-electron chi connectivity index (χ3n) is 2.66. The Kier molecular flexibility index (Phi) is 7.84. The molecule has 0 spiro atoms. The monoisotopic (exact) mass is 346 g/mol. The first-order valence-corrected chi connectivity index (χ1v) is 6.34. The minimum atomic E-state index is -5.04. The summed E-state index contributed by atoms with van der Waals surface area (Å²) >= 11 is 0. The summed E-state index contributed by atoms with van der Waals surface area (Å²) in [6.45, 7) is 0. The number of carbonyl (C=O) groups excluding carboxylic acids is 2. The number of allylic oxidation sites excluding steroid dienone is 2. The topological polar surface area (TPSA) is 80.3 Å². The van der Waals surface area contributed by atoms with Gasteiger partial charge in [0.15, 0.2) is 0 Å². The summed E-state index contributed by atoms with van der Waals surface area (Å²) in [5.41, 5.74) is -3.62. The zero-order chi connectivity index (χ0) is 18.3. The number of carboxylic acids is 2. The molecule has 10 heteroatoms. The SMILES string of the molecule is O=C([O-])C(=CCCCCCC=C(C(=O)[O-])C(F)(F)F)C(F)(F)F. The fourth-order valence-corrected chi connectivity index (χ4v) is 1.59. The fourth-order valence-electron chi connectivity index (χ4n) is 1.59. The van der Waals surface area contributed by atoms with E-state index in [1.54, 1.807) is 0 Å². The normalized spacial score (nSPS) is 14.0. The number of alkyl halides is 6. The smallest absolute Gasteiger partial charge is 0.417 e. The van der Waals surface area contributed by atoms with Crippen molar-refractivity contribution >= 4 is 11.9 Å². The average molecular weight is 346 g/mol. The standard InChI is InChI=1S/C13H14F6O4/c14-12(15,16)8(10(20)21)6-4-2-1-3-5-7-9(11(22)23)13(17,18)19/h6-7H,1-5H2,(H,20,21)(H,22,23)/p-2. The molecule has 0 aromatic heterocycles. The van der Waals surface area contributed by atoms with Crippen LogP contribution >= 0.6 is 0 Å². The molecule has 0 aromatic rings. The van der Waals surface area contributed by atoms with Gasteiger partial charge in [0, 0.05) is 0 Å². The third-order valence-corrected chi connectivity index (χ3v) is 2.66. The molecule has 0 rings (SSSR count). The van der Waals surface area contributed by atoms with Crippen LogP contribution < -0.4 is 10.2 Å². The van der Waals surface area contributed by atoms with Gasteiger partial charge in [-0.25, -0.2) is 0 Å². The van der Waals surface area contributed by atoms with Gasteiger partial charge in [0.05, 0.1) is 23.1 Å². The summed E-state index contributed by atoms with van der Waals surface area (Å²) in [6.07, 6.45) is -9.35. The maximum Gasteiger partial charge on any atom is 0.417 e. The molecule has 0 aliphatic carbocycles. The van der Waals surface area contributed by atoms with E-state index in [1.165, 1.54) is 0 Å². The summed E-state index contributed by atoms with van der Waals surface area (Å²) in [7, 11) is 0. The van der Waals surface area contributed by atoms with Crippen molar-refractivity contribution in [3.8, 4) is 0 Å². The lowest BCUT2D eigenvalue weighted by atomic mass is 10.1. The minimum Gasteiger partial charge on any atom is -0.545 e. The Morgan fingerprint density at radius 3 is 1.22 bits per heavy atom. The van der Waals surface area contributed by atoms with Crippen LogP contribution in [0.15, 0.2) is 23.3 Å². The molecule has 0 saturated heterocycles. The molecule has 0 N–H and O–H groups in total. The average Bonchev–Trinajstić information content (AvgIpc) is 2.32. The van der Waals surface area contributed by atoms with Crippen molar-refractivity contribution in [1.29, 1.82) is 0 Å². The van der Waals surface area contributed by atoms with Gasteiger partial charge in [0.25, 0.3) is 0 Å². The van der Waals surface area contributed by atoms with Crippen molar-refractivity contribution in [2.45, 2.75) is 44.5 Å². The Morgan fingerprint density at radius 2 is 1.00 bits per heavy atom. The second-order valence-corrected chi connectivity index (χ2v) is 4.44. The third kappa shape index (κ3) is 8.27. The highest BCUT2D eigenvalue weighted by atomic mass is 19.4. The van der Waals surface area contributed by atoms with Crippen molar-refractivity contribution in [3.63, 3.8) is 0 Å². The van der Waals surface area contributed by atoms with Gasteiger partial charge in [0.1, 0.15) is 0 Å². The van der Waals surface area contributed by atoms with E-state index in [0.717, 1.165) is 0 Å². The van der Waals surface area contributed by atoms with Crippen molar-refractivity contribution in [2.75, 3.05) is 0 Å².